The van der Waals surface area contributed by atoms with Crippen LogP contribution in [0.2, 0.25) is 0 Å². The summed E-state index contributed by atoms with van der Waals surface area (Å²) in [6, 6.07) is 0. The van der Waals surface area contributed by atoms with Crippen molar-refractivity contribution >= 4 is 0 Å². The Morgan fingerprint density at radius 2 is 0.958 bits per heavy atom. The monoisotopic (exact) mass is 343 g/mol. The van der Waals surface area contributed by atoms with Crippen molar-refractivity contribution in [2.45, 2.75) is 110 Å². The fraction of sp³-hybridized carbons (Fsp3) is 1.00. The van der Waals surface area contributed by atoms with E-state index in [9.17, 15) is 0 Å². The summed E-state index contributed by atoms with van der Waals surface area (Å²) in [7, 11) is 0. The van der Waals surface area contributed by atoms with Gasteiger partial charge in [-0.15, -0.1) is 0 Å². The summed E-state index contributed by atoms with van der Waals surface area (Å²) in [5, 5.41) is 0. The van der Waals surface area contributed by atoms with Gasteiger partial charge in [-0.1, -0.05) is 90.9 Å². The first-order valence-electron chi connectivity index (χ1n) is 10.8. The maximum absolute atomic E-state index is 5.67. The zero-order valence-electron chi connectivity index (χ0n) is 16.8. The van der Waals surface area contributed by atoms with Crippen LogP contribution < -0.4 is 5.48 Å². The van der Waals surface area contributed by atoms with E-state index < -0.39 is 0 Å². The maximum Gasteiger partial charge on any atom is 0.0682 e. The molecule has 0 aliphatic carbocycles. The van der Waals surface area contributed by atoms with E-state index in [2.05, 4.69) is 19.3 Å². The molecule has 0 atom stereocenters. The highest BCUT2D eigenvalue weighted by Gasteiger charge is 1.94. The number of unbranched alkanes of at least 4 members (excludes halogenated alkanes) is 12. The van der Waals surface area contributed by atoms with Crippen molar-refractivity contribution in [2.75, 3.05) is 26.4 Å². The topological polar surface area (TPSA) is 30.5 Å². The summed E-state index contributed by atoms with van der Waals surface area (Å²) in [5.74, 6) is 0. The molecular formula is C21H45NO2. The van der Waals surface area contributed by atoms with Gasteiger partial charge in [0.05, 0.1) is 6.61 Å². The van der Waals surface area contributed by atoms with Crippen LogP contribution in [0.4, 0.5) is 0 Å². The first kappa shape index (κ1) is 23.9. The van der Waals surface area contributed by atoms with Gasteiger partial charge >= 0.3 is 0 Å². The average molecular weight is 344 g/mol. The van der Waals surface area contributed by atoms with Gasteiger partial charge in [-0.05, 0) is 19.3 Å². The third-order valence-electron chi connectivity index (χ3n) is 4.41. The lowest BCUT2D eigenvalue weighted by Gasteiger charge is -2.07. The van der Waals surface area contributed by atoms with Crippen LogP contribution in [-0.2, 0) is 9.57 Å². The van der Waals surface area contributed by atoms with E-state index in [0.29, 0.717) is 0 Å². The van der Waals surface area contributed by atoms with Crippen LogP contribution in [0, 0.1) is 0 Å². The quantitative estimate of drug-likeness (QED) is 0.193. The van der Waals surface area contributed by atoms with E-state index in [1.807, 2.05) is 0 Å². The molecule has 0 aliphatic rings. The molecule has 0 rings (SSSR count). The summed E-state index contributed by atoms with van der Waals surface area (Å²) < 4.78 is 5.67. The molecule has 0 spiro atoms. The van der Waals surface area contributed by atoms with Crippen LogP contribution in [0.15, 0.2) is 0 Å². The van der Waals surface area contributed by atoms with Crippen molar-refractivity contribution in [3.05, 3.63) is 0 Å². The van der Waals surface area contributed by atoms with Gasteiger partial charge < -0.3 is 9.57 Å². The van der Waals surface area contributed by atoms with Crippen LogP contribution in [0.1, 0.15) is 110 Å². The molecule has 0 aromatic heterocycles. The molecule has 0 unspecified atom stereocenters. The average Bonchev–Trinajstić information content (AvgIpc) is 2.60. The SMILES string of the molecule is CCCCCCCCCCOCCCNOCCCCCCCC. The Hall–Kier alpha value is -0.120. The third-order valence-corrected chi connectivity index (χ3v) is 4.41. The summed E-state index contributed by atoms with van der Waals surface area (Å²) in [6.07, 6.45) is 19.8. The van der Waals surface area contributed by atoms with Crippen molar-refractivity contribution in [2.24, 2.45) is 0 Å². The van der Waals surface area contributed by atoms with Crippen molar-refractivity contribution in [3.63, 3.8) is 0 Å². The molecule has 0 saturated heterocycles. The van der Waals surface area contributed by atoms with Gasteiger partial charge in [0.25, 0.3) is 0 Å². The first-order chi connectivity index (χ1) is 11.9. The Bertz CT molecular complexity index is 190. The number of rotatable bonds is 21. The van der Waals surface area contributed by atoms with Crippen molar-refractivity contribution < 1.29 is 9.57 Å². The molecule has 0 bridgehead atoms. The molecule has 0 saturated carbocycles. The lowest BCUT2D eigenvalue weighted by Crippen LogP contribution is -2.18. The fourth-order valence-electron chi connectivity index (χ4n) is 2.79. The van der Waals surface area contributed by atoms with Crippen LogP contribution >= 0.6 is 0 Å². The van der Waals surface area contributed by atoms with Gasteiger partial charge in [-0.2, -0.15) is 0 Å². The molecule has 0 aromatic carbocycles. The molecule has 0 radical (unpaired) electrons. The summed E-state index contributed by atoms with van der Waals surface area (Å²) in [4.78, 5) is 5.43. The summed E-state index contributed by atoms with van der Waals surface area (Å²) in [6.45, 7) is 8.04. The van der Waals surface area contributed by atoms with Crippen LogP contribution in [0.25, 0.3) is 0 Å². The van der Waals surface area contributed by atoms with Crippen molar-refractivity contribution in [3.8, 4) is 0 Å². The molecule has 0 amide bonds. The Kier molecular flexibility index (Phi) is 22.8. The highest BCUT2D eigenvalue weighted by atomic mass is 16.6. The predicted octanol–water partition coefficient (Wildman–Crippen LogP) is 6.42. The van der Waals surface area contributed by atoms with E-state index in [0.717, 1.165) is 32.8 Å². The molecule has 0 fully saturated rings. The molecule has 146 valence electrons. The second kappa shape index (κ2) is 22.9. The zero-order valence-corrected chi connectivity index (χ0v) is 16.8. The smallest absolute Gasteiger partial charge is 0.0682 e. The van der Waals surface area contributed by atoms with Gasteiger partial charge in [-0.3, -0.25) is 0 Å². The molecule has 0 aromatic rings. The van der Waals surface area contributed by atoms with E-state index in [4.69, 9.17) is 9.57 Å². The number of nitrogens with one attached hydrogen (secondary N) is 1. The first-order valence-corrected chi connectivity index (χ1v) is 10.8. The molecular weight excluding hydrogens is 298 g/mol. The van der Waals surface area contributed by atoms with Gasteiger partial charge in [0, 0.05) is 19.8 Å². The molecule has 24 heavy (non-hydrogen) atoms. The standard InChI is InChI=1S/C21H45NO2/c1-3-5-7-9-11-12-13-15-19-23-20-17-18-22-24-21-16-14-10-8-6-4-2/h22H,3-21H2,1-2H3. The highest BCUT2D eigenvalue weighted by molar-refractivity contribution is 4.46. The molecule has 3 heteroatoms. The second-order valence-corrected chi connectivity index (χ2v) is 6.95. The minimum Gasteiger partial charge on any atom is -0.381 e. The minimum atomic E-state index is 0.839. The van der Waals surface area contributed by atoms with Crippen molar-refractivity contribution in [1.29, 1.82) is 0 Å². The fourth-order valence-corrected chi connectivity index (χ4v) is 2.79. The van der Waals surface area contributed by atoms with Gasteiger partial charge in [0.15, 0.2) is 0 Å². The molecule has 0 heterocycles. The van der Waals surface area contributed by atoms with Crippen molar-refractivity contribution in [1.82, 2.24) is 5.48 Å². The lowest BCUT2D eigenvalue weighted by molar-refractivity contribution is 0.0312. The van der Waals surface area contributed by atoms with Crippen LogP contribution in [-0.4, -0.2) is 26.4 Å². The molecule has 0 aliphatic heterocycles. The van der Waals surface area contributed by atoms with E-state index in [1.54, 1.807) is 0 Å². The van der Waals surface area contributed by atoms with Gasteiger partial charge in [-0.25, -0.2) is 5.48 Å². The Morgan fingerprint density at radius 1 is 0.500 bits per heavy atom. The Balaban J connectivity index is 2.93. The van der Waals surface area contributed by atoms with E-state index in [1.165, 1.54) is 89.9 Å². The van der Waals surface area contributed by atoms with Gasteiger partial charge in [0.1, 0.15) is 0 Å². The van der Waals surface area contributed by atoms with Crippen LogP contribution in [0.3, 0.4) is 0 Å². The largest absolute Gasteiger partial charge is 0.381 e. The zero-order chi connectivity index (χ0) is 17.6. The predicted molar refractivity (Wildman–Crippen MR) is 105 cm³/mol. The minimum absolute atomic E-state index is 0.839. The normalized spacial score (nSPS) is 11.2. The van der Waals surface area contributed by atoms with E-state index >= 15 is 0 Å². The molecule has 3 nitrogen and oxygen atoms in total. The maximum atomic E-state index is 5.67. The number of hydroxylamine groups is 1. The summed E-state index contributed by atoms with van der Waals surface area (Å²) >= 11 is 0. The van der Waals surface area contributed by atoms with Crippen LogP contribution in [0.5, 0.6) is 0 Å². The molecule has 1 N–H and O–H groups in total. The second-order valence-electron chi connectivity index (χ2n) is 6.95. The third kappa shape index (κ3) is 21.9. The van der Waals surface area contributed by atoms with Gasteiger partial charge in [0.2, 0.25) is 0 Å². The summed E-state index contributed by atoms with van der Waals surface area (Å²) in [5.41, 5.74) is 3.04. The van der Waals surface area contributed by atoms with E-state index in [-0.39, 0.29) is 0 Å². The number of hydrogen-bond donors (Lipinski definition) is 1. The number of hydrogen-bond acceptors (Lipinski definition) is 3. The highest BCUT2D eigenvalue weighted by Crippen LogP contribution is 2.08. The number of ether oxygens (including phenoxy) is 1. The lowest BCUT2D eigenvalue weighted by atomic mass is 10.1. The Morgan fingerprint density at radius 3 is 1.54 bits per heavy atom. The Labute approximate surface area is 152 Å².